The average Bonchev–Trinajstić information content (AvgIpc) is 2.54. The Balaban J connectivity index is 1.86. The average molecular weight is 300 g/mol. The molecule has 22 heavy (non-hydrogen) atoms. The van der Waals surface area contributed by atoms with Crippen LogP contribution in [0.5, 0.6) is 0 Å². The van der Waals surface area contributed by atoms with Gasteiger partial charge in [-0.05, 0) is 26.2 Å². The van der Waals surface area contributed by atoms with Crippen molar-refractivity contribution < 1.29 is 9.53 Å². The lowest BCUT2D eigenvalue weighted by atomic mass is 10.2. The number of hydrogen-bond donors (Lipinski definition) is 0. The second kappa shape index (κ2) is 6.37. The Morgan fingerprint density at radius 3 is 2.91 bits per heavy atom. The molecule has 1 aliphatic rings. The Labute approximate surface area is 129 Å². The van der Waals surface area contributed by atoms with E-state index in [-0.39, 0.29) is 11.9 Å². The second-order valence-corrected chi connectivity index (χ2v) is 5.73. The molecule has 0 N–H and O–H groups in total. The van der Waals surface area contributed by atoms with Gasteiger partial charge in [-0.1, -0.05) is 12.1 Å². The Morgan fingerprint density at radius 1 is 1.36 bits per heavy atom. The number of rotatable bonds is 3. The van der Waals surface area contributed by atoms with Crippen LogP contribution in [0.4, 0.5) is 0 Å². The smallest absolute Gasteiger partial charge is 0.274 e. The number of ether oxygens (including phenoxy) is 1. The van der Waals surface area contributed by atoms with E-state index in [0.29, 0.717) is 25.5 Å². The minimum absolute atomic E-state index is 0.0459. The normalized spacial score (nSPS) is 18.9. The molecule has 1 aromatic heterocycles. The highest BCUT2D eigenvalue weighted by Gasteiger charge is 2.29. The molecule has 2 aromatic rings. The van der Waals surface area contributed by atoms with Crippen molar-refractivity contribution in [2.45, 2.75) is 6.04 Å². The van der Waals surface area contributed by atoms with E-state index >= 15 is 0 Å². The van der Waals surface area contributed by atoms with E-state index in [1.54, 1.807) is 6.20 Å². The summed E-state index contributed by atoms with van der Waals surface area (Å²) in [6.07, 6.45) is 1.56. The standard InChI is InChI=1S/C16H20N4O2/c1-19(2)10-12-11-22-8-7-20(12)16(21)15-9-17-13-5-3-4-6-14(13)18-15/h3-6,9,12H,7-8,10-11H2,1-2H3/t12-/m0/s1. The summed E-state index contributed by atoms with van der Waals surface area (Å²) in [6.45, 7) is 2.49. The zero-order chi connectivity index (χ0) is 15.5. The Morgan fingerprint density at radius 2 is 2.14 bits per heavy atom. The number of amides is 1. The summed E-state index contributed by atoms with van der Waals surface area (Å²) in [4.78, 5) is 25.5. The van der Waals surface area contributed by atoms with E-state index in [0.717, 1.165) is 17.6 Å². The maximum absolute atomic E-state index is 12.8. The predicted molar refractivity (Wildman–Crippen MR) is 83.7 cm³/mol. The number of morpholine rings is 1. The van der Waals surface area contributed by atoms with Gasteiger partial charge in [-0.2, -0.15) is 0 Å². The molecule has 0 saturated carbocycles. The highest BCUT2D eigenvalue weighted by atomic mass is 16.5. The van der Waals surface area contributed by atoms with Crippen LogP contribution in [0.15, 0.2) is 30.5 Å². The van der Waals surface area contributed by atoms with Crippen molar-refractivity contribution in [3.05, 3.63) is 36.2 Å². The molecule has 0 unspecified atom stereocenters. The third-order valence-electron chi connectivity index (χ3n) is 3.73. The highest BCUT2D eigenvalue weighted by Crippen LogP contribution is 2.14. The first kappa shape index (κ1) is 14.9. The van der Waals surface area contributed by atoms with Crippen LogP contribution in [-0.4, -0.2) is 72.1 Å². The van der Waals surface area contributed by atoms with Crippen LogP contribution in [0.3, 0.4) is 0 Å². The zero-order valence-electron chi connectivity index (χ0n) is 12.9. The second-order valence-electron chi connectivity index (χ2n) is 5.73. The minimum atomic E-state index is -0.0756. The fraction of sp³-hybridized carbons (Fsp3) is 0.438. The molecule has 0 radical (unpaired) electrons. The van der Waals surface area contributed by atoms with Crippen LogP contribution in [0.1, 0.15) is 10.5 Å². The largest absolute Gasteiger partial charge is 0.377 e. The summed E-state index contributed by atoms with van der Waals surface area (Å²) in [5.41, 5.74) is 1.93. The Bertz CT molecular complexity index is 674. The SMILES string of the molecule is CN(C)C[C@H]1COCCN1C(=O)c1cnc2ccccc2n1. The number of nitrogens with zero attached hydrogens (tertiary/aromatic N) is 4. The third-order valence-corrected chi connectivity index (χ3v) is 3.73. The molecule has 1 aromatic carbocycles. The van der Waals surface area contributed by atoms with E-state index in [2.05, 4.69) is 14.9 Å². The monoisotopic (exact) mass is 300 g/mol. The number of hydrogen-bond acceptors (Lipinski definition) is 5. The Kier molecular flexibility index (Phi) is 4.31. The highest BCUT2D eigenvalue weighted by molar-refractivity contribution is 5.94. The molecule has 1 fully saturated rings. The molecule has 1 amide bonds. The van der Waals surface area contributed by atoms with Gasteiger partial charge < -0.3 is 14.5 Å². The van der Waals surface area contributed by atoms with E-state index < -0.39 is 0 Å². The molecular formula is C16H20N4O2. The number of likely N-dealkylation sites (N-methyl/N-ethyl adjacent to an activating group) is 1. The van der Waals surface area contributed by atoms with Gasteiger partial charge in [-0.15, -0.1) is 0 Å². The number of carbonyl (C=O) groups is 1. The summed E-state index contributed by atoms with van der Waals surface area (Å²) >= 11 is 0. The molecule has 0 spiro atoms. The molecule has 1 aliphatic heterocycles. The van der Waals surface area contributed by atoms with Gasteiger partial charge in [0.05, 0.1) is 36.5 Å². The molecule has 6 heteroatoms. The van der Waals surface area contributed by atoms with Gasteiger partial charge in [0, 0.05) is 13.1 Å². The lowest BCUT2D eigenvalue weighted by Crippen LogP contribution is -2.52. The molecule has 1 atom stereocenters. The summed E-state index contributed by atoms with van der Waals surface area (Å²) < 4.78 is 5.51. The lowest BCUT2D eigenvalue weighted by molar-refractivity contribution is -0.00859. The number of para-hydroxylation sites is 2. The number of benzene rings is 1. The molecule has 116 valence electrons. The molecule has 2 heterocycles. The molecule has 0 aliphatic carbocycles. The van der Waals surface area contributed by atoms with Crippen molar-refractivity contribution in [1.82, 2.24) is 19.8 Å². The van der Waals surface area contributed by atoms with Crippen molar-refractivity contribution in [2.24, 2.45) is 0 Å². The van der Waals surface area contributed by atoms with E-state index in [1.165, 1.54) is 0 Å². The van der Waals surface area contributed by atoms with Crippen LogP contribution in [0.25, 0.3) is 11.0 Å². The van der Waals surface area contributed by atoms with Crippen LogP contribution in [0.2, 0.25) is 0 Å². The van der Waals surface area contributed by atoms with Crippen molar-refractivity contribution >= 4 is 16.9 Å². The van der Waals surface area contributed by atoms with E-state index in [4.69, 9.17) is 4.74 Å². The maximum atomic E-state index is 12.8. The summed E-state index contributed by atoms with van der Waals surface area (Å²) in [7, 11) is 3.99. The van der Waals surface area contributed by atoms with Crippen LogP contribution < -0.4 is 0 Å². The Hall–Kier alpha value is -2.05. The van der Waals surface area contributed by atoms with Crippen molar-refractivity contribution in [3.8, 4) is 0 Å². The predicted octanol–water partition coefficient (Wildman–Crippen LogP) is 1.03. The minimum Gasteiger partial charge on any atom is -0.377 e. The van der Waals surface area contributed by atoms with Gasteiger partial charge in [0.25, 0.3) is 5.91 Å². The van der Waals surface area contributed by atoms with Crippen molar-refractivity contribution in [1.29, 1.82) is 0 Å². The van der Waals surface area contributed by atoms with E-state index in [9.17, 15) is 4.79 Å². The zero-order valence-corrected chi connectivity index (χ0v) is 12.9. The number of carbonyl (C=O) groups excluding carboxylic acids is 1. The van der Waals surface area contributed by atoms with Gasteiger partial charge in [-0.25, -0.2) is 4.98 Å². The summed E-state index contributed by atoms with van der Waals surface area (Å²) in [5, 5.41) is 0. The lowest BCUT2D eigenvalue weighted by Gasteiger charge is -2.36. The number of fused-ring (bicyclic) bond motifs is 1. The van der Waals surface area contributed by atoms with Gasteiger partial charge in [0.1, 0.15) is 5.69 Å². The molecule has 6 nitrogen and oxygen atoms in total. The van der Waals surface area contributed by atoms with Gasteiger partial charge in [0.15, 0.2) is 0 Å². The van der Waals surface area contributed by atoms with Gasteiger partial charge in [0.2, 0.25) is 0 Å². The fourth-order valence-electron chi connectivity index (χ4n) is 2.70. The first-order valence-electron chi connectivity index (χ1n) is 7.40. The summed E-state index contributed by atoms with van der Waals surface area (Å²) in [6, 6.07) is 7.61. The van der Waals surface area contributed by atoms with Crippen LogP contribution in [-0.2, 0) is 4.74 Å². The van der Waals surface area contributed by atoms with Crippen LogP contribution in [0, 0.1) is 0 Å². The molecule has 3 rings (SSSR count). The number of aromatic nitrogens is 2. The summed E-state index contributed by atoms with van der Waals surface area (Å²) in [5.74, 6) is -0.0756. The topological polar surface area (TPSA) is 58.6 Å². The van der Waals surface area contributed by atoms with Gasteiger partial charge >= 0.3 is 0 Å². The van der Waals surface area contributed by atoms with Gasteiger partial charge in [-0.3, -0.25) is 9.78 Å². The molecule has 0 bridgehead atoms. The van der Waals surface area contributed by atoms with Crippen LogP contribution >= 0.6 is 0 Å². The van der Waals surface area contributed by atoms with E-state index in [1.807, 2.05) is 43.3 Å². The molecule has 1 saturated heterocycles. The molecular weight excluding hydrogens is 280 g/mol. The third kappa shape index (κ3) is 3.08. The first-order valence-corrected chi connectivity index (χ1v) is 7.40. The van der Waals surface area contributed by atoms with Crippen molar-refractivity contribution in [3.63, 3.8) is 0 Å². The van der Waals surface area contributed by atoms with Crippen molar-refractivity contribution in [2.75, 3.05) is 40.4 Å². The quantitative estimate of drug-likeness (QED) is 0.847. The maximum Gasteiger partial charge on any atom is 0.274 e. The first-order chi connectivity index (χ1) is 10.6. The fourth-order valence-corrected chi connectivity index (χ4v) is 2.70.